The number of hydrogen-bond donors (Lipinski definition) is 0. The maximum atomic E-state index is 13.9. The van der Waals surface area contributed by atoms with Gasteiger partial charge in [0.15, 0.2) is 11.6 Å². The van der Waals surface area contributed by atoms with Gasteiger partial charge in [-0.3, -0.25) is 0 Å². The van der Waals surface area contributed by atoms with Gasteiger partial charge in [-0.25, -0.2) is 8.78 Å². The third-order valence-corrected chi connectivity index (χ3v) is 5.83. The van der Waals surface area contributed by atoms with Crippen LogP contribution >= 0.6 is 22.6 Å². The van der Waals surface area contributed by atoms with Crippen LogP contribution in [-0.4, -0.2) is 10.3 Å². The third-order valence-electron chi connectivity index (χ3n) is 4.59. The topological polar surface area (TPSA) is 9.23 Å². The highest BCUT2D eigenvalue weighted by molar-refractivity contribution is 14.1. The van der Waals surface area contributed by atoms with Crippen LogP contribution in [0.2, 0.25) is 0 Å². The van der Waals surface area contributed by atoms with Crippen molar-refractivity contribution in [3.05, 3.63) is 53.6 Å². The van der Waals surface area contributed by atoms with Crippen LogP contribution < -0.4 is 4.74 Å². The molecule has 1 aliphatic rings. The molecule has 0 atom stereocenters. The monoisotopic (exact) mass is 482 g/mol. The lowest BCUT2D eigenvalue weighted by molar-refractivity contribution is -0.276. The molecule has 0 spiro atoms. The Bertz CT molecular complexity index is 741. The molecular formula is C19H16F5IO. The van der Waals surface area contributed by atoms with Crippen molar-refractivity contribution in [2.45, 2.75) is 41.9 Å². The first-order valence-electron chi connectivity index (χ1n) is 8.22. The van der Waals surface area contributed by atoms with E-state index in [0.29, 0.717) is 15.4 Å². The minimum Gasteiger partial charge on any atom is -0.399 e. The highest BCUT2D eigenvalue weighted by Gasteiger charge is 2.34. The lowest BCUT2D eigenvalue weighted by Gasteiger charge is -2.25. The summed E-state index contributed by atoms with van der Waals surface area (Å²) in [6.07, 6.45) is -0.588. The normalized spacial score (nSPS) is 20.8. The summed E-state index contributed by atoms with van der Waals surface area (Å²) in [5, 5.41) is 0. The van der Waals surface area contributed by atoms with Crippen molar-refractivity contribution >= 4 is 22.6 Å². The van der Waals surface area contributed by atoms with Crippen LogP contribution in [0.4, 0.5) is 22.0 Å². The molecule has 0 radical (unpaired) electrons. The Labute approximate surface area is 161 Å². The SMILES string of the molecule is Fc1cc(-c2ccc(C3CCC(I)CC3)cc2)cc(F)c1OC(F)(F)F. The van der Waals surface area contributed by atoms with Gasteiger partial charge < -0.3 is 4.74 Å². The Morgan fingerprint density at radius 2 is 1.38 bits per heavy atom. The van der Waals surface area contributed by atoms with Crippen LogP contribution in [0, 0.1) is 11.6 Å². The van der Waals surface area contributed by atoms with Gasteiger partial charge in [0.1, 0.15) is 0 Å². The minimum atomic E-state index is -5.15. The van der Waals surface area contributed by atoms with Crippen molar-refractivity contribution in [3.63, 3.8) is 0 Å². The second-order valence-corrected chi connectivity index (χ2v) is 8.15. The summed E-state index contributed by atoms with van der Waals surface area (Å²) in [5.74, 6) is -3.73. The Balaban J connectivity index is 1.81. The van der Waals surface area contributed by atoms with E-state index in [-0.39, 0.29) is 5.56 Å². The number of alkyl halides is 4. The quantitative estimate of drug-likeness (QED) is 0.260. The van der Waals surface area contributed by atoms with Gasteiger partial charge in [0.05, 0.1) is 0 Å². The smallest absolute Gasteiger partial charge is 0.399 e. The van der Waals surface area contributed by atoms with Gasteiger partial charge >= 0.3 is 6.36 Å². The van der Waals surface area contributed by atoms with Crippen molar-refractivity contribution < 1.29 is 26.7 Å². The Kier molecular flexibility index (Phi) is 5.74. The van der Waals surface area contributed by atoms with Crippen LogP contribution in [0.1, 0.15) is 37.2 Å². The maximum absolute atomic E-state index is 13.9. The molecule has 26 heavy (non-hydrogen) atoms. The van der Waals surface area contributed by atoms with Crippen LogP contribution in [0.3, 0.4) is 0 Å². The van der Waals surface area contributed by atoms with E-state index in [1.807, 2.05) is 12.1 Å². The van der Waals surface area contributed by atoms with Gasteiger partial charge in [-0.05, 0) is 60.4 Å². The standard InChI is InChI=1S/C19H16F5IO/c20-16-9-14(10-17(21)18(16)26-19(22,23)24)13-3-1-11(2-4-13)12-5-7-15(25)8-6-12/h1-4,9-10,12,15H,5-8H2. The van der Waals surface area contributed by atoms with Crippen LogP contribution in [0.25, 0.3) is 11.1 Å². The first kappa shape index (κ1) is 19.4. The molecule has 0 heterocycles. The molecule has 2 aromatic carbocycles. The summed E-state index contributed by atoms with van der Waals surface area (Å²) in [5.41, 5.74) is 1.87. The van der Waals surface area contributed by atoms with E-state index in [9.17, 15) is 22.0 Å². The van der Waals surface area contributed by atoms with Gasteiger partial charge in [-0.15, -0.1) is 13.2 Å². The number of ether oxygens (including phenoxy) is 1. The van der Waals surface area contributed by atoms with E-state index in [2.05, 4.69) is 27.3 Å². The number of rotatable bonds is 3. The Morgan fingerprint density at radius 3 is 1.88 bits per heavy atom. The van der Waals surface area contributed by atoms with Gasteiger partial charge in [0.25, 0.3) is 0 Å². The molecule has 1 aliphatic carbocycles. The fourth-order valence-electron chi connectivity index (χ4n) is 3.27. The first-order valence-corrected chi connectivity index (χ1v) is 9.46. The minimum absolute atomic E-state index is 0.164. The lowest BCUT2D eigenvalue weighted by Crippen LogP contribution is -2.19. The van der Waals surface area contributed by atoms with E-state index in [0.717, 1.165) is 25.0 Å². The molecule has 1 fully saturated rings. The molecule has 0 amide bonds. The molecule has 2 aromatic rings. The van der Waals surface area contributed by atoms with Crippen molar-refractivity contribution in [1.29, 1.82) is 0 Å². The maximum Gasteiger partial charge on any atom is 0.573 e. The second kappa shape index (κ2) is 7.70. The molecule has 1 nitrogen and oxygen atoms in total. The van der Waals surface area contributed by atoms with Crippen LogP contribution in [0.5, 0.6) is 5.75 Å². The molecule has 0 N–H and O–H groups in total. The molecule has 3 rings (SSSR count). The molecule has 0 aliphatic heterocycles. The largest absolute Gasteiger partial charge is 0.573 e. The molecular weight excluding hydrogens is 466 g/mol. The van der Waals surface area contributed by atoms with Crippen LogP contribution in [0.15, 0.2) is 36.4 Å². The zero-order valence-corrected chi connectivity index (χ0v) is 15.8. The predicted molar refractivity (Wildman–Crippen MR) is 97.5 cm³/mol. The molecule has 0 bridgehead atoms. The van der Waals surface area contributed by atoms with Crippen molar-refractivity contribution in [2.75, 3.05) is 0 Å². The third kappa shape index (κ3) is 4.66. The summed E-state index contributed by atoms with van der Waals surface area (Å²) >= 11 is 2.46. The average Bonchev–Trinajstić information content (AvgIpc) is 2.58. The van der Waals surface area contributed by atoms with Crippen molar-refractivity contribution in [3.8, 4) is 16.9 Å². The van der Waals surface area contributed by atoms with Crippen molar-refractivity contribution in [2.24, 2.45) is 0 Å². The van der Waals surface area contributed by atoms with E-state index < -0.39 is 23.7 Å². The molecule has 0 unspecified atom stereocenters. The summed E-state index contributed by atoms with van der Waals surface area (Å²) in [7, 11) is 0. The molecule has 0 aromatic heterocycles. The number of halogens is 6. The highest BCUT2D eigenvalue weighted by atomic mass is 127. The van der Waals surface area contributed by atoms with E-state index >= 15 is 0 Å². The first-order chi connectivity index (χ1) is 12.2. The summed E-state index contributed by atoms with van der Waals surface area (Å²) < 4.78 is 68.5. The van der Waals surface area contributed by atoms with Gasteiger partial charge in [-0.2, -0.15) is 0 Å². The summed E-state index contributed by atoms with van der Waals surface area (Å²) in [4.78, 5) is 0. The van der Waals surface area contributed by atoms with Gasteiger partial charge in [0, 0.05) is 3.92 Å². The fourth-order valence-corrected chi connectivity index (χ4v) is 3.99. The zero-order chi connectivity index (χ0) is 18.9. The molecule has 7 heteroatoms. The summed E-state index contributed by atoms with van der Waals surface area (Å²) in [6, 6.07) is 9.02. The summed E-state index contributed by atoms with van der Waals surface area (Å²) in [6.45, 7) is 0. The molecule has 0 saturated heterocycles. The van der Waals surface area contributed by atoms with E-state index in [1.54, 1.807) is 12.1 Å². The second-order valence-electron chi connectivity index (χ2n) is 6.39. The van der Waals surface area contributed by atoms with Crippen LogP contribution in [-0.2, 0) is 0 Å². The molecule has 1 saturated carbocycles. The highest BCUT2D eigenvalue weighted by Crippen LogP contribution is 2.37. The van der Waals surface area contributed by atoms with Gasteiger partial charge in [-0.1, -0.05) is 46.9 Å². The number of benzene rings is 2. The lowest BCUT2D eigenvalue weighted by atomic mass is 9.83. The Morgan fingerprint density at radius 1 is 0.846 bits per heavy atom. The number of hydrogen-bond acceptors (Lipinski definition) is 1. The Hall–Kier alpha value is -1.38. The predicted octanol–water partition coefficient (Wildman–Crippen LogP) is 6.99. The van der Waals surface area contributed by atoms with Gasteiger partial charge in [0.2, 0.25) is 5.75 Å². The van der Waals surface area contributed by atoms with Crippen molar-refractivity contribution in [1.82, 2.24) is 0 Å². The van der Waals surface area contributed by atoms with E-state index in [4.69, 9.17) is 0 Å². The van der Waals surface area contributed by atoms with E-state index in [1.165, 1.54) is 18.4 Å². The zero-order valence-electron chi connectivity index (χ0n) is 13.6. The average molecular weight is 482 g/mol. The molecule has 140 valence electrons. The fraction of sp³-hybridized carbons (Fsp3) is 0.368.